The van der Waals surface area contributed by atoms with E-state index in [0.29, 0.717) is 38.3 Å². The SMILES string of the molecule is O=C1NCCN1CCOc1ccc(CN2CCC(O)(COc3ccc(F)cc3)CC2)cc1. The topological polar surface area (TPSA) is 74.3 Å². The zero-order chi connectivity index (χ0) is 22.4. The Morgan fingerprint density at radius 3 is 2.28 bits per heavy atom. The van der Waals surface area contributed by atoms with Crippen molar-refractivity contribution < 1.29 is 23.8 Å². The standard InChI is InChI=1S/C24H30FN3O4/c25-20-3-7-22(8-4-20)32-18-24(30)9-12-27(13-10-24)17-19-1-5-21(6-2-19)31-16-15-28-14-11-26-23(28)29/h1-8,30H,9-18H2,(H,26,29). The predicted octanol–water partition coefficient (Wildman–Crippen LogP) is 2.64. The lowest BCUT2D eigenvalue weighted by molar-refractivity contribution is -0.0537. The molecule has 4 rings (SSSR count). The maximum Gasteiger partial charge on any atom is 0.317 e. The van der Waals surface area contributed by atoms with Gasteiger partial charge in [-0.2, -0.15) is 0 Å². The van der Waals surface area contributed by atoms with Crippen molar-refractivity contribution in [3.05, 3.63) is 59.9 Å². The molecule has 2 amide bonds. The second-order valence-corrected chi connectivity index (χ2v) is 8.45. The molecule has 2 aliphatic heterocycles. The number of piperidine rings is 1. The van der Waals surface area contributed by atoms with Crippen LogP contribution >= 0.6 is 0 Å². The van der Waals surface area contributed by atoms with Gasteiger partial charge >= 0.3 is 6.03 Å². The summed E-state index contributed by atoms with van der Waals surface area (Å²) in [4.78, 5) is 15.6. The fraction of sp³-hybridized carbons (Fsp3) is 0.458. The van der Waals surface area contributed by atoms with Gasteiger partial charge in [-0.05, 0) is 54.8 Å². The van der Waals surface area contributed by atoms with Crippen LogP contribution in [0.3, 0.4) is 0 Å². The number of hydrogen-bond donors (Lipinski definition) is 2. The van der Waals surface area contributed by atoms with Crippen LogP contribution in [0.15, 0.2) is 48.5 Å². The normalized spacial score (nSPS) is 18.4. The number of hydrogen-bond acceptors (Lipinski definition) is 5. The first-order chi connectivity index (χ1) is 15.5. The molecule has 2 N–H and O–H groups in total. The molecule has 0 radical (unpaired) electrons. The van der Waals surface area contributed by atoms with Crippen LogP contribution in [0.5, 0.6) is 11.5 Å². The summed E-state index contributed by atoms with van der Waals surface area (Å²) >= 11 is 0. The number of ether oxygens (including phenoxy) is 2. The van der Waals surface area contributed by atoms with E-state index in [1.165, 1.54) is 17.7 Å². The molecular formula is C24H30FN3O4. The van der Waals surface area contributed by atoms with Crippen molar-refractivity contribution in [1.29, 1.82) is 0 Å². The highest BCUT2D eigenvalue weighted by molar-refractivity contribution is 5.76. The summed E-state index contributed by atoms with van der Waals surface area (Å²) in [5.74, 6) is 1.05. The van der Waals surface area contributed by atoms with E-state index in [9.17, 15) is 14.3 Å². The molecule has 0 unspecified atom stereocenters. The monoisotopic (exact) mass is 443 g/mol. The van der Waals surface area contributed by atoms with Crippen molar-refractivity contribution in [1.82, 2.24) is 15.1 Å². The van der Waals surface area contributed by atoms with E-state index < -0.39 is 5.60 Å². The van der Waals surface area contributed by atoms with Gasteiger partial charge in [-0.15, -0.1) is 0 Å². The van der Waals surface area contributed by atoms with E-state index in [2.05, 4.69) is 22.3 Å². The first-order valence-electron chi connectivity index (χ1n) is 11.1. The van der Waals surface area contributed by atoms with Gasteiger partial charge in [-0.1, -0.05) is 12.1 Å². The summed E-state index contributed by atoms with van der Waals surface area (Å²) in [7, 11) is 0. The van der Waals surface area contributed by atoms with Gasteiger partial charge in [-0.25, -0.2) is 9.18 Å². The van der Waals surface area contributed by atoms with Gasteiger partial charge in [0.1, 0.15) is 36.1 Å². The zero-order valence-corrected chi connectivity index (χ0v) is 18.1. The largest absolute Gasteiger partial charge is 0.492 e. The second kappa shape index (κ2) is 10.2. The number of amides is 2. The van der Waals surface area contributed by atoms with Crippen LogP contribution < -0.4 is 14.8 Å². The maximum absolute atomic E-state index is 13.0. The average Bonchev–Trinajstić information content (AvgIpc) is 3.21. The van der Waals surface area contributed by atoms with Gasteiger partial charge in [0.05, 0.1) is 6.54 Å². The molecule has 0 atom stereocenters. The molecule has 0 bridgehead atoms. The number of benzene rings is 2. The minimum absolute atomic E-state index is 0.0283. The summed E-state index contributed by atoms with van der Waals surface area (Å²) in [6, 6.07) is 13.8. The van der Waals surface area contributed by atoms with E-state index >= 15 is 0 Å². The molecule has 172 valence electrons. The first kappa shape index (κ1) is 22.4. The van der Waals surface area contributed by atoms with Gasteiger partial charge in [-0.3, -0.25) is 4.90 Å². The van der Waals surface area contributed by atoms with E-state index in [1.54, 1.807) is 17.0 Å². The molecule has 2 saturated heterocycles. The average molecular weight is 444 g/mol. The van der Waals surface area contributed by atoms with E-state index in [-0.39, 0.29) is 18.5 Å². The first-order valence-corrected chi connectivity index (χ1v) is 11.1. The number of nitrogens with one attached hydrogen (secondary N) is 1. The summed E-state index contributed by atoms with van der Waals surface area (Å²) in [5.41, 5.74) is 0.318. The molecule has 7 nitrogen and oxygen atoms in total. The van der Waals surface area contributed by atoms with Crippen LogP contribution in [0.2, 0.25) is 0 Å². The van der Waals surface area contributed by atoms with Crippen LogP contribution in [0.1, 0.15) is 18.4 Å². The number of urea groups is 1. The Kier molecular flexibility index (Phi) is 7.12. The van der Waals surface area contributed by atoms with Crippen molar-refractivity contribution >= 4 is 6.03 Å². The lowest BCUT2D eigenvalue weighted by Gasteiger charge is -2.38. The van der Waals surface area contributed by atoms with Crippen molar-refractivity contribution in [2.45, 2.75) is 25.0 Å². The van der Waals surface area contributed by atoms with Crippen LogP contribution in [-0.2, 0) is 6.54 Å². The summed E-state index contributed by atoms with van der Waals surface area (Å²) in [5, 5.41) is 13.6. The number of likely N-dealkylation sites (tertiary alicyclic amines) is 1. The fourth-order valence-corrected chi connectivity index (χ4v) is 3.97. The van der Waals surface area contributed by atoms with Crippen LogP contribution in [0, 0.1) is 5.82 Å². The molecule has 2 fully saturated rings. The summed E-state index contributed by atoms with van der Waals surface area (Å²) in [6.45, 7) is 5.04. The van der Waals surface area contributed by atoms with Crippen LogP contribution in [-0.4, -0.2) is 72.5 Å². The number of carbonyl (C=O) groups is 1. The third-order valence-electron chi connectivity index (χ3n) is 6.01. The van der Waals surface area contributed by atoms with E-state index in [1.807, 2.05) is 12.1 Å². The Balaban J connectivity index is 1.17. The number of aliphatic hydroxyl groups is 1. The summed E-state index contributed by atoms with van der Waals surface area (Å²) < 4.78 is 24.4. The smallest absolute Gasteiger partial charge is 0.317 e. The quantitative estimate of drug-likeness (QED) is 0.623. The van der Waals surface area contributed by atoms with E-state index in [0.717, 1.165) is 31.9 Å². The highest BCUT2D eigenvalue weighted by Crippen LogP contribution is 2.25. The zero-order valence-electron chi connectivity index (χ0n) is 18.1. The lowest BCUT2D eigenvalue weighted by Crippen LogP contribution is -2.47. The minimum Gasteiger partial charge on any atom is -0.492 e. The Bertz CT molecular complexity index is 883. The van der Waals surface area contributed by atoms with Gasteiger partial charge in [0.2, 0.25) is 0 Å². The van der Waals surface area contributed by atoms with Crippen molar-refractivity contribution in [2.24, 2.45) is 0 Å². The number of rotatable bonds is 9. The van der Waals surface area contributed by atoms with Crippen LogP contribution in [0.4, 0.5) is 9.18 Å². The van der Waals surface area contributed by atoms with Gasteiger partial charge in [0, 0.05) is 32.7 Å². The molecule has 2 aromatic carbocycles. The van der Waals surface area contributed by atoms with E-state index in [4.69, 9.17) is 9.47 Å². The summed E-state index contributed by atoms with van der Waals surface area (Å²) in [6.07, 6.45) is 1.25. The molecule has 0 spiro atoms. The molecule has 2 aliphatic rings. The highest BCUT2D eigenvalue weighted by atomic mass is 19.1. The van der Waals surface area contributed by atoms with Crippen LogP contribution in [0.25, 0.3) is 0 Å². The predicted molar refractivity (Wildman–Crippen MR) is 118 cm³/mol. The molecular weight excluding hydrogens is 413 g/mol. The Morgan fingerprint density at radius 2 is 1.62 bits per heavy atom. The third-order valence-corrected chi connectivity index (χ3v) is 6.01. The highest BCUT2D eigenvalue weighted by Gasteiger charge is 2.33. The molecule has 2 aromatic rings. The molecule has 2 heterocycles. The molecule has 8 heteroatoms. The third kappa shape index (κ3) is 6.11. The van der Waals surface area contributed by atoms with Gasteiger partial charge in [0.15, 0.2) is 0 Å². The fourth-order valence-electron chi connectivity index (χ4n) is 3.97. The molecule has 0 aromatic heterocycles. The number of nitrogens with zero attached hydrogens (tertiary/aromatic N) is 2. The van der Waals surface area contributed by atoms with Crippen molar-refractivity contribution in [2.75, 3.05) is 45.9 Å². The van der Waals surface area contributed by atoms with Gasteiger partial charge in [0.25, 0.3) is 0 Å². The number of halogens is 1. The van der Waals surface area contributed by atoms with Gasteiger partial charge < -0.3 is 24.8 Å². The Morgan fingerprint density at radius 1 is 0.969 bits per heavy atom. The Labute approximate surface area is 187 Å². The maximum atomic E-state index is 13.0. The number of carbonyl (C=O) groups excluding carboxylic acids is 1. The molecule has 0 saturated carbocycles. The second-order valence-electron chi connectivity index (χ2n) is 8.45. The minimum atomic E-state index is -0.866. The Hall–Kier alpha value is -2.84. The lowest BCUT2D eigenvalue weighted by atomic mass is 9.92. The molecule has 0 aliphatic carbocycles. The van der Waals surface area contributed by atoms with Crippen molar-refractivity contribution in [3.63, 3.8) is 0 Å². The van der Waals surface area contributed by atoms with Crippen molar-refractivity contribution in [3.8, 4) is 11.5 Å². The molecule has 32 heavy (non-hydrogen) atoms.